The summed E-state index contributed by atoms with van der Waals surface area (Å²) in [6.07, 6.45) is 1.01. The number of benzene rings is 3. The first-order valence-electron chi connectivity index (χ1n) is 12.9. The van der Waals surface area contributed by atoms with Gasteiger partial charge in [0.15, 0.2) is 5.69 Å². The topological polar surface area (TPSA) is 136 Å². The molecule has 5 aromatic rings. The number of hydrogen-bond acceptors (Lipinski definition) is 6. The molecule has 0 bridgehead atoms. The van der Waals surface area contributed by atoms with Gasteiger partial charge in [0, 0.05) is 11.1 Å². The second kappa shape index (κ2) is 11.3. The molecule has 0 aliphatic rings. The lowest BCUT2D eigenvalue weighted by molar-refractivity contribution is 0.0674. The SMILES string of the molecule is CC(C)CCc1c(C(=O)O)n(C(=O)c2ccccc2)c(=O)n1Cc1ccc(-c2ccccc2-c2nn[nH]n2)cc1. The number of carboxylic acids is 1. The molecule has 0 saturated carbocycles. The molecule has 2 heterocycles. The predicted octanol–water partition coefficient (Wildman–Crippen LogP) is 4.52. The van der Waals surface area contributed by atoms with Crippen LogP contribution in [0.1, 0.15) is 52.4 Å². The standard InChI is InChI=1S/C30H28N6O4/c1-19(2)12-17-25-26(29(38)39)36(28(37)22-8-4-3-5-9-22)30(40)35(25)18-20-13-15-21(16-14-20)23-10-6-7-11-24(23)27-31-33-34-32-27/h3-11,13-16,19H,12,17-18H2,1-2H3,(H,38,39)(H,31,32,33,34). The van der Waals surface area contributed by atoms with Gasteiger partial charge in [0.25, 0.3) is 5.91 Å². The van der Waals surface area contributed by atoms with E-state index < -0.39 is 17.6 Å². The van der Waals surface area contributed by atoms with Crippen LogP contribution in [-0.4, -0.2) is 46.7 Å². The molecule has 202 valence electrons. The fourth-order valence-electron chi connectivity index (χ4n) is 4.73. The Labute approximate surface area is 229 Å². The van der Waals surface area contributed by atoms with Gasteiger partial charge >= 0.3 is 11.7 Å². The van der Waals surface area contributed by atoms with Crippen LogP contribution in [0.15, 0.2) is 83.7 Å². The van der Waals surface area contributed by atoms with Gasteiger partial charge in [-0.3, -0.25) is 9.36 Å². The van der Waals surface area contributed by atoms with Crippen LogP contribution in [0, 0.1) is 5.92 Å². The maximum atomic E-state index is 13.7. The van der Waals surface area contributed by atoms with Crippen molar-refractivity contribution in [2.24, 2.45) is 5.92 Å². The summed E-state index contributed by atoms with van der Waals surface area (Å²) in [5, 5.41) is 24.4. The Bertz CT molecular complexity index is 1700. The lowest BCUT2D eigenvalue weighted by Gasteiger charge is -2.11. The summed E-state index contributed by atoms with van der Waals surface area (Å²) in [6.45, 7) is 4.18. The van der Waals surface area contributed by atoms with E-state index in [1.165, 1.54) is 4.57 Å². The quantitative estimate of drug-likeness (QED) is 0.283. The van der Waals surface area contributed by atoms with E-state index >= 15 is 0 Å². The van der Waals surface area contributed by atoms with Gasteiger partial charge in [-0.05, 0) is 52.8 Å². The van der Waals surface area contributed by atoms with Gasteiger partial charge in [0.1, 0.15) is 0 Å². The van der Waals surface area contributed by atoms with Gasteiger partial charge in [-0.25, -0.2) is 14.2 Å². The Morgan fingerprint density at radius 1 is 0.925 bits per heavy atom. The number of carboxylic acid groups (broad SMARTS) is 1. The molecule has 0 fully saturated rings. The minimum absolute atomic E-state index is 0.119. The summed E-state index contributed by atoms with van der Waals surface area (Å²) in [7, 11) is 0. The van der Waals surface area contributed by atoms with Crippen LogP contribution >= 0.6 is 0 Å². The third-order valence-corrected chi connectivity index (χ3v) is 6.75. The number of nitrogens with zero attached hydrogens (tertiary/aromatic N) is 5. The van der Waals surface area contributed by atoms with E-state index in [2.05, 4.69) is 20.6 Å². The van der Waals surface area contributed by atoms with Crippen LogP contribution < -0.4 is 5.69 Å². The molecule has 0 amide bonds. The summed E-state index contributed by atoms with van der Waals surface area (Å²) in [5.74, 6) is -1.23. The zero-order valence-corrected chi connectivity index (χ0v) is 22.1. The van der Waals surface area contributed by atoms with Crippen molar-refractivity contribution in [2.75, 3.05) is 0 Å². The number of carbonyl (C=O) groups is 2. The molecule has 10 heteroatoms. The Morgan fingerprint density at radius 2 is 1.60 bits per heavy atom. The van der Waals surface area contributed by atoms with Crippen molar-refractivity contribution in [3.63, 3.8) is 0 Å². The molecule has 0 unspecified atom stereocenters. The van der Waals surface area contributed by atoms with E-state index in [9.17, 15) is 19.5 Å². The molecule has 3 aromatic carbocycles. The molecule has 2 N–H and O–H groups in total. The number of aromatic nitrogens is 6. The number of rotatable bonds is 9. The molecule has 0 saturated heterocycles. The fourth-order valence-corrected chi connectivity index (χ4v) is 4.73. The highest BCUT2D eigenvalue weighted by Crippen LogP contribution is 2.30. The summed E-state index contributed by atoms with van der Waals surface area (Å²) in [5.41, 5.74) is 3.05. The Kier molecular flexibility index (Phi) is 7.50. The second-order valence-electron chi connectivity index (χ2n) is 9.89. The first kappa shape index (κ1) is 26.5. The average molecular weight is 537 g/mol. The number of nitrogens with one attached hydrogen (secondary N) is 1. The summed E-state index contributed by atoms with van der Waals surface area (Å²) < 4.78 is 2.21. The fraction of sp³-hybridized carbons (Fsp3) is 0.200. The molecular formula is C30H28N6O4. The zero-order chi connectivity index (χ0) is 28.2. The third kappa shape index (κ3) is 5.24. The first-order chi connectivity index (χ1) is 19.3. The van der Waals surface area contributed by atoms with E-state index in [1.807, 2.05) is 62.4 Å². The number of hydrogen-bond donors (Lipinski definition) is 2. The molecule has 5 rings (SSSR count). The zero-order valence-electron chi connectivity index (χ0n) is 22.1. The van der Waals surface area contributed by atoms with Crippen LogP contribution in [0.3, 0.4) is 0 Å². The molecule has 0 aliphatic carbocycles. The van der Waals surface area contributed by atoms with Gasteiger partial charge in [-0.1, -0.05) is 80.6 Å². The summed E-state index contributed by atoms with van der Waals surface area (Å²) in [4.78, 5) is 39.4. The monoisotopic (exact) mass is 536 g/mol. The van der Waals surface area contributed by atoms with E-state index in [-0.39, 0.29) is 23.7 Å². The number of H-pyrrole nitrogens is 1. The molecule has 10 nitrogen and oxygen atoms in total. The largest absolute Gasteiger partial charge is 0.477 e. The van der Waals surface area contributed by atoms with Crippen molar-refractivity contribution in [3.8, 4) is 22.5 Å². The molecule has 2 aromatic heterocycles. The van der Waals surface area contributed by atoms with Gasteiger partial charge in [0.05, 0.1) is 12.2 Å². The maximum Gasteiger partial charge on any atom is 0.354 e. The van der Waals surface area contributed by atoms with Crippen molar-refractivity contribution in [2.45, 2.75) is 33.2 Å². The van der Waals surface area contributed by atoms with Crippen molar-refractivity contribution in [1.29, 1.82) is 0 Å². The van der Waals surface area contributed by atoms with Crippen molar-refractivity contribution < 1.29 is 14.7 Å². The molecular weight excluding hydrogens is 508 g/mol. The van der Waals surface area contributed by atoms with Gasteiger partial charge < -0.3 is 5.11 Å². The number of tetrazole rings is 1. The van der Waals surface area contributed by atoms with E-state index in [1.54, 1.807) is 30.3 Å². The number of imidazole rings is 1. The van der Waals surface area contributed by atoms with Crippen LogP contribution in [0.2, 0.25) is 0 Å². The minimum Gasteiger partial charge on any atom is -0.477 e. The molecule has 0 radical (unpaired) electrons. The molecule has 0 aliphatic heterocycles. The van der Waals surface area contributed by atoms with Gasteiger partial charge in [-0.2, -0.15) is 5.21 Å². The Hall–Kier alpha value is -5.12. The number of aromatic amines is 1. The number of aromatic carboxylic acids is 1. The number of carbonyl (C=O) groups excluding carboxylic acids is 1. The van der Waals surface area contributed by atoms with E-state index in [0.29, 0.717) is 24.4 Å². The third-order valence-electron chi connectivity index (χ3n) is 6.75. The smallest absolute Gasteiger partial charge is 0.354 e. The first-order valence-corrected chi connectivity index (χ1v) is 12.9. The van der Waals surface area contributed by atoms with Gasteiger partial charge in [-0.15, -0.1) is 10.2 Å². The molecule has 40 heavy (non-hydrogen) atoms. The van der Waals surface area contributed by atoms with Crippen LogP contribution in [0.25, 0.3) is 22.5 Å². The second-order valence-corrected chi connectivity index (χ2v) is 9.89. The predicted molar refractivity (Wildman–Crippen MR) is 149 cm³/mol. The van der Waals surface area contributed by atoms with E-state index in [4.69, 9.17) is 0 Å². The Balaban J connectivity index is 1.55. The summed E-state index contributed by atoms with van der Waals surface area (Å²) in [6, 6.07) is 23.6. The van der Waals surface area contributed by atoms with E-state index in [0.717, 1.165) is 26.8 Å². The average Bonchev–Trinajstić information content (AvgIpc) is 3.59. The normalized spacial score (nSPS) is 11.2. The molecule has 0 spiro atoms. The summed E-state index contributed by atoms with van der Waals surface area (Å²) >= 11 is 0. The van der Waals surface area contributed by atoms with Crippen LogP contribution in [0.4, 0.5) is 0 Å². The lowest BCUT2D eigenvalue weighted by Crippen LogP contribution is -2.31. The highest BCUT2D eigenvalue weighted by atomic mass is 16.4. The highest BCUT2D eigenvalue weighted by Gasteiger charge is 2.29. The Morgan fingerprint density at radius 3 is 2.23 bits per heavy atom. The highest BCUT2D eigenvalue weighted by molar-refractivity contribution is 6.01. The van der Waals surface area contributed by atoms with Gasteiger partial charge in [0.2, 0.25) is 5.82 Å². The van der Waals surface area contributed by atoms with Crippen LogP contribution in [-0.2, 0) is 13.0 Å². The van der Waals surface area contributed by atoms with Crippen LogP contribution in [0.5, 0.6) is 0 Å². The minimum atomic E-state index is -1.31. The van der Waals surface area contributed by atoms with Crippen molar-refractivity contribution >= 4 is 11.9 Å². The van der Waals surface area contributed by atoms with Crippen molar-refractivity contribution in [1.82, 2.24) is 29.8 Å². The van der Waals surface area contributed by atoms with Crippen molar-refractivity contribution in [3.05, 3.63) is 112 Å². The maximum absolute atomic E-state index is 13.7. The lowest BCUT2D eigenvalue weighted by atomic mass is 9.98. The molecule has 0 atom stereocenters.